The van der Waals surface area contributed by atoms with Crippen LogP contribution in [-0.4, -0.2) is 5.78 Å². The molecule has 72 valence electrons. The number of ketones is 1. The van der Waals surface area contributed by atoms with E-state index in [1.807, 2.05) is 6.92 Å². The van der Waals surface area contributed by atoms with Crippen LogP contribution in [0.4, 0.5) is 0 Å². The first-order valence-corrected chi connectivity index (χ1v) is 6.14. The van der Waals surface area contributed by atoms with E-state index in [-0.39, 0.29) is 0 Å². The van der Waals surface area contributed by atoms with E-state index in [4.69, 9.17) is 0 Å². The molecule has 0 atom stereocenters. The minimum Gasteiger partial charge on any atom is -0.300 e. The Kier molecular flexibility index (Phi) is 4.67. The van der Waals surface area contributed by atoms with Crippen LogP contribution >= 0.6 is 27.3 Å². The van der Waals surface area contributed by atoms with Crippen molar-refractivity contribution in [2.75, 3.05) is 0 Å². The molecule has 0 aliphatic heterocycles. The molecule has 1 aromatic rings. The Morgan fingerprint density at radius 3 is 2.85 bits per heavy atom. The monoisotopic (exact) mass is 260 g/mol. The van der Waals surface area contributed by atoms with Crippen molar-refractivity contribution in [2.24, 2.45) is 0 Å². The zero-order valence-electron chi connectivity index (χ0n) is 7.68. The quantitative estimate of drug-likeness (QED) is 0.787. The van der Waals surface area contributed by atoms with Gasteiger partial charge in [0.2, 0.25) is 0 Å². The van der Waals surface area contributed by atoms with Crippen molar-refractivity contribution in [1.82, 2.24) is 0 Å². The van der Waals surface area contributed by atoms with Gasteiger partial charge in [0.1, 0.15) is 5.78 Å². The van der Waals surface area contributed by atoms with Gasteiger partial charge in [-0.15, -0.1) is 11.3 Å². The van der Waals surface area contributed by atoms with Gasteiger partial charge in [-0.3, -0.25) is 4.79 Å². The Morgan fingerprint density at radius 2 is 2.31 bits per heavy atom. The third kappa shape index (κ3) is 4.05. The third-order valence-electron chi connectivity index (χ3n) is 1.80. The number of carbonyl (C=O) groups is 1. The van der Waals surface area contributed by atoms with Crippen LogP contribution in [0.15, 0.2) is 15.9 Å². The van der Waals surface area contributed by atoms with Crippen molar-refractivity contribution >= 4 is 33.0 Å². The molecule has 0 aromatic carbocycles. The Hall–Kier alpha value is -0.150. The molecular weight excluding hydrogens is 248 g/mol. The second kappa shape index (κ2) is 5.55. The van der Waals surface area contributed by atoms with Crippen molar-refractivity contribution in [3.63, 3.8) is 0 Å². The number of hydrogen-bond acceptors (Lipinski definition) is 2. The maximum atomic E-state index is 11.2. The van der Waals surface area contributed by atoms with Gasteiger partial charge in [-0.25, -0.2) is 0 Å². The third-order valence-corrected chi connectivity index (χ3v) is 3.56. The molecule has 1 nitrogen and oxygen atoms in total. The molecule has 0 bridgehead atoms. The SMILES string of the molecule is CCCC(=O)CCc1cc(Br)cs1. The number of halogens is 1. The number of Topliss-reactive ketones (excluding diaryl/α,β-unsaturated/α-hetero) is 1. The van der Waals surface area contributed by atoms with Crippen molar-refractivity contribution in [2.45, 2.75) is 32.6 Å². The van der Waals surface area contributed by atoms with E-state index < -0.39 is 0 Å². The lowest BCUT2D eigenvalue weighted by Gasteiger charge is -1.96. The zero-order chi connectivity index (χ0) is 9.68. The van der Waals surface area contributed by atoms with Crippen LogP contribution in [0.25, 0.3) is 0 Å². The summed E-state index contributed by atoms with van der Waals surface area (Å²) in [6.45, 7) is 2.04. The van der Waals surface area contributed by atoms with Crippen LogP contribution in [0.1, 0.15) is 31.1 Å². The predicted octanol–water partition coefficient (Wildman–Crippen LogP) is 3.81. The molecule has 1 aromatic heterocycles. The topological polar surface area (TPSA) is 17.1 Å². The Balaban J connectivity index is 2.30. The van der Waals surface area contributed by atoms with E-state index in [1.54, 1.807) is 11.3 Å². The largest absolute Gasteiger partial charge is 0.300 e. The first-order valence-electron chi connectivity index (χ1n) is 4.47. The predicted molar refractivity (Wildman–Crippen MR) is 60.3 cm³/mol. The minimum atomic E-state index is 0.382. The van der Waals surface area contributed by atoms with Crippen molar-refractivity contribution < 1.29 is 4.79 Å². The van der Waals surface area contributed by atoms with E-state index in [0.717, 1.165) is 23.7 Å². The maximum absolute atomic E-state index is 11.2. The molecule has 0 spiro atoms. The van der Waals surface area contributed by atoms with Gasteiger partial charge in [0.25, 0.3) is 0 Å². The normalized spacial score (nSPS) is 10.3. The van der Waals surface area contributed by atoms with Crippen LogP contribution in [0.5, 0.6) is 0 Å². The standard InChI is InChI=1S/C10H13BrOS/c1-2-3-9(12)4-5-10-6-8(11)7-13-10/h6-7H,2-5H2,1H3. The van der Waals surface area contributed by atoms with Gasteiger partial charge in [0.15, 0.2) is 0 Å². The van der Waals surface area contributed by atoms with E-state index in [9.17, 15) is 4.79 Å². The summed E-state index contributed by atoms with van der Waals surface area (Å²) in [5.74, 6) is 0.382. The molecule has 0 fully saturated rings. The van der Waals surface area contributed by atoms with Crippen molar-refractivity contribution in [1.29, 1.82) is 0 Å². The molecule has 13 heavy (non-hydrogen) atoms. The lowest BCUT2D eigenvalue weighted by atomic mass is 10.1. The highest BCUT2D eigenvalue weighted by atomic mass is 79.9. The molecule has 0 amide bonds. The number of hydrogen-bond donors (Lipinski definition) is 0. The number of thiophene rings is 1. The fourth-order valence-electron chi connectivity index (χ4n) is 1.15. The van der Waals surface area contributed by atoms with Gasteiger partial charge in [0, 0.05) is 27.6 Å². The number of carbonyl (C=O) groups excluding carboxylic acids is 1. The van der Waals surface area contributed by atoms with Crippen LogP contribution in [0.2, 0.25) is 0 Å². The highest BCUT2D eigenvalue weighted by molar-refractivity contribution is 9.10. The Morgan fingerprint density at radius 1 is 1.54 bits per heavy atom. The molecule has 3 heteroatoms. The molecule has 0 aliphatic rings. The molecule has 0 aliphatic carbocycles. The Bertz CT molecular complexity index is 280. The smallest absolute Gasteiger partial charge is 0.133 e. The minimum absolute atomic E-state index is 0.382. The van der Waals surface area contributed by atoms with Gasteiger partial charge in [0.05, 0.1) is 0 Å². The molecule has 1 rings (SSSR count). The lowest BCUT2D eigenvalue weighted by molar-refractivity contribution is -0.119. The highest BCUT2D eigenvalue weighted by Crippen LogP contribution is 2.21. The Labute approximate surface area is 91.3 Å². The first-order chi connectivity index (χ1) is 6.22. The summed E-state index contributed by atoms with van der Waals surface area (Å²) in [4.78, 5) is 12.5. The number of rotatable bonds is 5. The van der Waals surface area contributed by atoms with Crippen LogP contribution in [0, 0.1) is 0 Å². The molecule has 0 N–H and O–H groups in total. The van der Waals surface area contributed by atoms with E-state index in [2.05, 4.69) is 27.4 Å². The summed E-state index contributed by atoms with van der Waals surface area (Å²) < 4.78 is 1.12. The molecule has 1 heterocycles. The second-order valence-electron chi connectivity index (χ2n) is 3.02. The van der Waals surface area contributed by atoms with Gasteiger partial charge in [-0.1, -0.05) is 6.92 Å². The summed E-state index contributed by atoms with van der Waals surface area (Å²) in [5.41, 5.74) is 0. The van der Waals surface area contributed by atoms with E-state index >= 15 is 0 Å². The van der Waals surface area contributed by atoms with Crippen molar-refractivity contribution in [3.8, 4) is 0 Å². The van der Waals surface area contributed by atoms with E-state index in [1.165, 1.54) is 4.88 Å². The van der Waals surface area contributed by atoms with Crippen LogP contribution < -0.4 is 0 Å². The summed E-state index contributed by atoms with van der Waals surface area (Å²) in [6.07, 6.45) is 3.29. The summed E-state index contributed by atoms with van der Waals surface area (Å²) >= 11 is 5.11. The molecule has 0 unspecified atom stereocenters. The van der Waals surface area contributed by atoms with Gasteiger partial charge in [-0.2, -0.15) is 0 Å². The molecular formula is C10H13BrOS. The average molecular weight is 261 g/mol. The summed E-state index contributed by atoms with van der Waals surface area (Å²) in [7, 11) is 0. The first kappa shape index (κ1) is 10.9. The van der Waals surface area contributed by atoms with Gasteiger partial charge < -0.3 is 0 Å². The fraction of sp³-hybridized carbons (Fsp3) is 0.500. The van der Waals surface area contributed by atoms with Gasteiger partial charge >= 0.3 is 0 Å². The van der Waals surface area contributed by atoms with E-state index in [0.29, 0.717) is 12.2 Å². The lowest BCUT2D eigenvalue weighted by Crippen LogP contribution is -1.97. The maximum Gasteiger partial charge on any atom is 0.133 e. The van der Waals surface area contributed by atoms with Crippen LogP contribution in [-0.2, 0) is 11.2 Å². The van der Waals surface area contributed by atoms with Crippen LogP contribution in [0.3, 0.4) is 0 Å². The second-order valence-corrected chi connectivity index (χ2v) is 4.93. The summed E-state index contributed by atoms with van der Waals surface area (Å²) in [5, 5.41) is 2.06. The molecule has 0 saturated heterocycles. The van der Waals surface area contributed by atoms with Gasteiger partial charge in [-0.05, 0) is 34.8 Å². The van der Waals surface area contributed by atoms with Crippen molar-refractivity contribution in [3.05, 3.63) is 20.8 Å². The zero-order valence-corrected chi connectivity index (χ0v) is 10.1. The molecule has 0 saturated carbocycles. The number of aryl methyl sites for hydroxylation is 1. The highest BCUT2D eigenvalue weighted by Gasteiger charge is 2.02. The fourth-order valence-corrected chi connectivity index (χ4v) is 2.61. The average Bonchev–Trinajstić information content (AvgIpc) is 2.49. The summed E-state index contributed by atoms with van der Waals surface area (Å²) in [6, 6.07) is 2.09. The molecule has 0 radical (unpaired) electrons.